The van der Waals surface area contributed by atoms with Gasteiger partial charge in [0.25, 0.3) is 0 Å². The molecule has 0 aromatic carbocycles. The maximum absolute atomic E-state index is 6.71. The van der Waals surface area contributed by atoms with Crippen LogP contribution in [0.5, 0.6) is 0 Å². The summed E-state index contributed by atoms with van der Waals surface area (Å²) in [5.41, 5.74) is 1.29. The van der Waals surface area contributed by atoms with Crippen molar-refractivity contribution >= 4 is 6.21 Å². The molecule has 0 aliphatic rings. The fourth-order valence-electron chi connectivity index (χ4n) is 0.620. The first-order chi connectivity index (χ1) is 6.22. The summed E-state index contributed by atoms with van der Waals surface area (Å²) in [4.78, 5) is 0. The molecular formula is C12H25N. The first-order valence-electron chi connectivity index (χ1n) is 4.89. The van der Waals surface area contributed by atoms with Gasteiger partial charge in [-0.2, -0.15) is 0 Å². The Bertz CT molecular complexity index is 114. The average molecular weight is 183 g/mol. The van der Waals surface area contributed by atoms with Crippen molar-refractivity contribution < 1.29 is 0 Å². The summed E-state index contributed by atoms with van der Waals surface area (Å²) in [6, 6.07) is 0. The highest BCUT2D eigenvalue weighted by atomic mass is 14.3. The minimum Gasteiger partial charge on any atom is -0.309 e. The van der Waals surface area contributed by atoms with Crippen LogP contribution in [0.3, 0.4) is 0 Å². The Kier molecular flexibility index (Phi) is 31.2. The monoisotopic (exact) mass is 183 g/mol. The van der Waals surface area contributed by atoms with E-state index in [9.17, 15) is 0 Å². The Morgan fingerprint density at radius 3 is 1.85 bits per heavy atom. The van der Waals surface area contributed by atoms with Crippen LogP contribution in [0.25, 0.3) is 0 Å². The molecule has 0 saturated carbocycles. The van der Waals surface area contributed by atoms with E-state index in [1.54, 1.807) is 0 Å². The molecule has 0 unspecified atom stereocenters. The van der Waals surface area contributed by atoms with E-state index in [4.69, 9.17) is 5.41 Å². The third-order valence-electron chi connectivity index (χ3n) is 1.01. The standard InChI is InChI=1S/C7H13N.C3H8.C2H4/c1-3-4-7(2)5-6-8;1-3-2;1-2/h5-6,8H,3-4H2,1-2H3;3H2,1-2H3;1-2H2/b7-5+,8-6?;;. The predicted octanol–water partition coefficient (Wildman–Crippen LogP) is 4.60. The van der Waals surface area contributed by atoms with E-state index < -0.39 is 0 Å². The van der Waals surface area contributed by atoms with Gasteiger partial charge in [0.05, 0.1) is 0 Å². The third-order valence-corrected chi connectivity index (χ3v) is 1.01. The second-order valence-corrected chi connectivity index (χ2v) is 2.64. The maximum atomic E-state index is 6.71. The molecule has 0 aromatic rings. The largest absolute Gasteiger partial charge is 0.309 e. The molecule has 0 spiro atoms. The molecule has 78 valence electrons. The molecule has 0 fully saturated rings. The van der Waals surface area contributed by atoms with Crippen LogP contribution in [0.2, 0.25) is 0 Å². The zero-order valence-electron chi connectivity index (χ0n) is 9.69. The Hall–Kier alpha value is -0.850. The molecule has 0 heterocycles. The molecule has 0 amide bonds. The molecule has 0 rings (SSSR count). The number of rotatable bonds is 3. The number of hydrogen-bond acceptors (Lipinski definition) is 1. The van der Waals surface area contributed by atoms with Crippen molar-refractivity contribution in [3.05, 3.63) is 24.8 Å². The van der Waals surface area contributed by atoms with Gasteiger partial charge in [0.2, 0.25) is 0 Å². The Morgan fingerprint density at radius 2 is 1.62 bits per heavy atom. The molecule has 1 heteroatoms. The molecule has 0 atom stereocenters. The van der Waals surface area contributed by atoms with E-state index in [0.717, 1.165) is 6.42 Å². The van der Waals surface area contributed by atoms with Crippen molar-refractivity contribution in [2.45, 2.75) is 47.0 Å². The molecule has 0 aromatic heterocycles. The highest BCUT2D eigenvalue weighted by Crippen LogP contribution is 2.00. The molecule has 0 radical (unpaired) electrons. The maximum Gasteiger partial charge on any atom is 0.0177 e. The van der Waals surface area contributed by atoms with Gasteiger partial charge in [0, 0.05) is 6.21 Å². The van der Waals surface area contributed by atoms with Gasteiger partial charge in [-0.1, -0.05) is 39.2 Å². The molecular weight excluding hydrogens is 158 g/mol. The van der Waals surface area contributed by atoms with Crippen molar-refractivity contribution in [3.63, 3.8) is 0 Å². The highest BCUT2D eigenvalue weighted by Gasteiger charge is 1.81. The SMILES string of the molecule is C=C.CCC.CCC/C(C)=C/C=N. The summed E-state index contributed by atoms with van der Waals surface area (Å²) in [5.74, 6) is 0. The Morgan fingerprint density at radius 1 is 1.23 bits per heavy atom. The lowest BCUT2D eigenvalue weighted by Gasteiger charge is -1.91. The average Bonchev–Trinajstić information content (AvgIpc) is 2.10. The number of nitrogens with one attached hydrogen (secondary N) is 1. The van der Waals surface area contributed by atoms with Crippen molar-refractivity contribution in [2.24, 2.45) is 0 Å². The van der Waals surface area contributed by atoms with E-state index in [2.05, 4.69) is 40.9 Å². The van der Waals surface area contributed by atoms with Crippen molar-refractivity contribution in [2.75, 3.05) is 0 Å². The topological polar surface area (TPSA) is 23.9 Å². The highest BCUT2D eigenvalue weighted by molar-refractivity contribution is 5.68. The minimum atomic E-state index is 1.12. The van der Waals surface area contributed by atoms with Gasteiger partial charge in [-0.3, -0.25) is 0 Å². The van der Waals surface area contributed by atoms with Crippen molar-refractivity contribution in [1.82, 2.24) is 0 Å². The summed E-state index contributed by atoms with van der Waals surface area (Å²) >= 11 is 0. The second kappa shape index (κ2) is 22.5. The van der Waals surface area contributed by atoms with Crippen molar-refractivity contribution in [1.29, 1.82) is 5.41 Å². The summed E-state index contributed by atoms with van der Waals surface area (Å²) in [6.45, 7) is 14.4. The summed E-state index contributed by atoms with van der Waals surface area (Å²) in [6.07, 6.45) is 6.72. The lowest BCUT2D eigenvalue weighted by Crippen LogP contribution is -1.73. The van der Waals surface area contributed by atoms with Crippen LogP contribution in [-0.4, -0.2) is 6.21 Å². The molecule has 13 heavy (non-hydrogen) atoms. The normalized spacial score (nSPS) is 8.77. The quantitative estimate of drug-likeness (QED) is 0.488. The van der Waals surface area contributed by atoms with Crippen molar-refractivity contribution in [3.8, 4) is 0 Å². The molecule has 0 aliphatic heterocycles. The lowest BCUT2D eigenvalue weighted by molar-refractivity contribution is 0.907. The van der Waals surface area contributed by atoms with Crippen LogP contribution >= 0.6 is 0 Å². The first-order valence-corrected chi connectivity index (χ1v) is 4.89. The van der Waals surface area contributed by atoms with Gasteiger partial charge in [-0.15, -0.1) is 13.2 Å². The van der Waals surface area contributed by atoms with E-state index in [1.807, 2.05) is 6.08 Å². The fourth-order valence-corrected chi connectivity index (χ4v) is 0.620. The van der Waals surface area contributed by atoms with Gasteiger partial charge in [-0.25, -0.2) is 0 Å². The molecule has 1 nitrogen and oxygen atoms in total. The molecule has 0 aliphatic carbocycles. The van der Waals surface area contributed by atoms with Gasteiger partial charge in [0.1, 0.15) is 0 Å². The zero-order chi connectivity index (χ0) is 11.1. The van der Waals surface area contributed by atoms with Crippen LogP contribution in [-0.2, 0) is 0 Å². The first kappa shape index (κ1) is 18.0. The smallest absolute Gasteiger partial charge is 0.0177 e. The summed E-state index contributed by atoms with van der Waals surface area (Å²) in [5, 5.41) is 6.71. The van der Waals surface area contributed by atoms with Gasteiger partial charge in [0.15, 0.2) is 0 Å². The van der Waals surface area contributed by atoms with E-state index in [1.165, 1.54) is 24.6 Å². The molecule has 0 saturated heterocycles. The van der Waals surface area contributed by atoms with Crippen LogP contribution in [0.4, 0.5) is 0 Å². The van der Waals surface area contributed by atoms with E-state index in [0.29, 0.717) is 0 Å². The van der Waals surface area contributed by atoms with E-state index >= 15 is 0 Å². The molecule has 0 bridgehead atoms. The third kappa shape index (κ3) is 35.2. The Labute approximate surface area is 84.1 Å². The fraction of sp³-hybridized carbons (Fsp3) is 0.583. The minimum absolute atomic E-state index is 1.12. The van der Waals surface area contributed by atoms with E-state index in [-0.39, 0.29) is 0 Å². The summed E-state index contributed by atoms with van der Waals surface area (Å²) < 4.78 is 0. The lowest BCUT2D eigenvalue weighted by atomic mass is 10.2. The number of hydrogen-bond donors (Lipinski definition) is 1. The van der Waals surface area contributed by atoms with Crippen LogP contribution < -0.4 is 0 Å². The van der Waals surface area contributed by atoms with Gasteiger partial charge >= 0.3 is 0 Å². The zero-order valence-corrected chi connectivity index (χ0v) is 9.69. The predicted molar refractivity (Wildman–Crippen MR) is 64.7 cm³/mol. The van der Waals surface area contributed by atoms with Gasteiger partial charge < -0.3 is 5.41 Å². The van der Waals surface area contributed by atoms with Crippen LogP contribution in [0.1, 0.15) is 47.0 Å². The van der Waals surface area contributed by atoms with Crippen LogP contribution in [0.15, 0.2) is 24.8 Å². The van der Waals surface area contributed by atoms with Crippen LogP contribution in [0, 0.1) is 5.41 Å². The van der Waals surface area contributed by atoms with Gasteiger partial charge in [-0.05, 0) is 19.4 Å². The number of allylic oxidation sites excluding steroid dienone is 2. The summed E-state index contributed by atoms with van der Waals surface area (Å²) in [7, 11) is 0. The Balaban J connectivity index is -0.000000169. The second-order valence-electron chi connectivity index (χ2n) is 2.64. The molecule has 1 N–H and O–H groups in total.